The molecule has 0 atom stereocenters. The first-order valence-electron chi connectivity index (χ1n) is 18.1. The number of hydrogen-bond acceptors (Lipinski definition) is 0. The van der Waals surface area contributed by atoms with Gasteiger partial charge in [0.25, 0.3) is 0 Å². The first-order chi connectivity index (χ1) is 25.8. The van der Waals surface area contributed by atoms with Crippen molar-refractivity contribution in [2.75, 3.05) is 0 Å². The van der Waals surface area contributed by atoms with Gasteiger partial charge in [0.05, 0.1) is 0 Å². The molecule has 0 aromatic heterocycles. The molecule has 0 saturated heterocycles. The number of hydrogen-bond donors (Lipinski definition) is 0. The summed E-state index contributed by atoms with van der Waals surface area (Å²) in [7, 11) is 0. The molecule has 1 aliphatic carbocycles. The van der Waals surface area contributed by atoms with Gasteiger partial charge >= 0.3 is 0 Å². The molecule has 10 aromatic carbocycles. The Kier molecular flexibility index (Phi) is 6.35. The predicted molar refractivity (Wildman–Crippen MR) is 223 cm³/mol. The molecule has 0 radical (unpaired) electrons. The molecule has 0 aliphatic heterocycles. The van der Waals surface area contributed by atoms with Crippen LogP contribution in [0, 0.1) is 0 Å². The molecule has 1 aliphatic rings. The third kappa shape index (κ3) is 4.22. The van der Waals surface area contributed by atoms with Gasteiger partial charge in [-0.3, -0.25) is 0 Å². The van der Waals surface area contributed by atoms with Crippen LogP contribution in [0.1, 0.15) is 0 Å². The zero-order chi connectivity index (χ0) is 34.2. The largest absolute Gasteiger partial charge is 0.0622 e. The van der Waals surface area contributed by atoms with E-state index in [0.29, 0.717) is 0 Å². The smallest absolute Gasteiger partial charge is 0.000719 e. The summed E-state index contributed by atoms with van der Waals surface area (Å²) in [5.41, 5.74) is 15.3. The Labute approximate surface area is 302 Å². The molecule has 0 amide bonds. The molecular weight excluding hydrogens is 625 g/mol. The fourth-order valence-electron chi connectivity index (χ4n) is 9.00. The minimum absolute atomic E-state index is 1.22. The van der Waals surface area contributed by atoms with E-state index in [-0.39, 0.29) is 0 Å². The quantitative estimate of drug-likeness (QED) is 0.165. The summed E-state index contributed by atoms with van der Waals surface area (Å²) in [6.07, 6.45) is 0. The minimum atomic E-state index is 1.22. The second-order valence-corrected chi connectivity index (χ2v) is 13.9. The Morgan fingerprint density at radius 3 is 1.48 bits per heavy atom. The van der Waals surface area contributed by atoms with E-state index in [9.17, 15) is 0 Å². The summed E-state index contributed by atoms with van der Waals surface area (Å²) in [6, 6.07) is 71.7. The third-order valence-corrected chi connectivity index (χ3v) is 11.2. The summed E-state index contributed by atoms with van der Waals surface area (Å²) < 4.78 is 0. The van der Waals surface area contributed by atoms with Gasteiger partial charge < -0.3 is 0 Å². The van der Waals surface area contributed by atoms with E-state index in [1.54, 1.807) is 0 Å². The lowest BCUT2D eigenvalue weighted by atomic mass is 9.81. The van der Waals surface area contributed by atoms with Crippen LogP contribution < -0.4 is 0 Å². The normalized spacial score (nSPS) is 11.8. The summed E-state index contributed by atoms with van der Waals surface area (Å²) in [5.74, 6) is 0. The molecule has 0 saturated carbocycles. The first kappa shape index (κ1) is 29.0. The second-order valence-electron chi connectivity index (χ2n) is 13.9. The van der Waals surface area contributed by atoms with Gasteiger partial charge in [-0.15, -0.1) is 0 Å². The van der Waals surface area contributed by atoms with Gasteiger partial charge in [0.2, 0.25) is 0 Å². The standard InChI is InChI=1S/C52H32/c1-4-16-34(17-5-1)47-40-24-13-10-15-33(40)27-29-41(47)38-28-30-43-45(31-38)49(36-20-8-3-9-21-36)51-44-26-14-25-42-39-23-12-11-22-37(39)32-46(50(42)44)52(51)48(43)35-18-6-2-7-19-35/h1-32H. The average Bonchev–Trinajstić information content (AvgIpc) is 3.54. The summed E-state index contributed by atoms with van der Waals surface area (Å²) >= 11 is 0. The topological polar surface area (TPSA) is 0 Å². The first-order valence-corrected chi connectivity index (χ1v) is 18.1. The highest BCUT2D eigenvalue weighted by atomic mass is 14.3. The van der Waals surface area contributed by atoms with Crippen molar-refractivity contribution in [3.05, 3.63) is 194 Å². The van der Waals surface area contributed by atoms with Crippen molar-refractivity contribution in [2.45, 2.75) is 0 Å². The van der Waals surface area contributed by atoms with Crippen LogP contribution in [0.5, 0.6) is 0 Å². The Morgan fingerprint density at radius 2 is 0.769 bits per heavy atom. The van der Waals surface area contributed by atoms with Gasteiger partial charge in [-0.1, -0.05) is 182 Å². The van der Waals surface area contributed by atoms with E-state index < -0.39 is 0 Å². The number of fused-ring (bicyclic) bond motifs is 7. The maximum Gasteiger partial charge on any atom is -0.000719 e. The summed E-state index contributed by atoms with van der Waals surface area (Å²) in [4.78, 5) is 0. The van der Waals surface area contributed by atoms with Crippen molar-refractivity contribution in [3.8, 4) is 66.8 Å². The molecule has 10 aromatic rings. The molecule has 0 fully saturated rings. The fraction of sp³-hybridized carbons (Fsp3) is 0. The monoisotopic (exact) mass is 656 g/mol. The predicted octanol–water partition coefficient (Wildman–Crippen LogP) is 14.6. The van der Waals surface area contributed by atoms with Gasteiger partial charge in [-0.2, -0.15) is 0 Å². The summed E-state index contributed by atoms with van der Waals surface area (Å²) in [5, 5.41) is 10.3. The van der Waals surface area contributed by atoms with E-state index in [1.807, 2.05) is 0 Å². The lowest BCUT2D eigenvalue weighted by molar-refractivity contribution is 1.60. The Hall–Kier alpha value is -6.76. The van der Waals surface area contributed by atoms with Crippen LogP contribution >= 0.6 is 0 Å². The Morgan fingerprint density at radius 1 is 0.212 bits per heavy atom. The average molecular weight is 657 g/mol. The van der Waals surface area contributed by atoms with E-state index in [2.05, 4.69) is 194 Å². The summed E-state index contributed by atoms with van der Waals surface area (Å²) in [6.45, 7) is 0. The Balaban J connectivity index is 1.32. The van der Waals surface area contributed by atoms with Gasteiger partial charge in [0, 0.05) is 0 Å². The van der Waals surface area contributed by atoms with Crippen LogP contribution in [0.3, 0.4) is 0 Å². The lowest BCUT2D eigenvalue weighted by Crippen LogP contribution is -1.95. The van der Waals surface area contributed by atoms with Gasteiger partial charge in [-0.25, -0.2) is 0 Å². The zero-order valence-corrected chi connectivity index (χ0v) is 28.5. The molecule has 0 nitrogen and oxygen atoms in total. The van der Waals surface area contributed by atoms with E-state index in [1.165, 1.54) is 110 Å². The molecule has 0 unspecified atom stereocenters. The second kappa shape index (κ2) is 11.4. The van der Waals surface area contributed by atoms with Crippen molar-refractivity contribution in [2.24, 2.45) is 0 Å². The molecule has 0 heterocycles. The number of benzene rings is 10. The van der Waals surface area contributed by atoms with Crippen LogP contribution in [0.25, 0.3) is 110 Å². The third-order valence-electron chi connectivity index (χ3n) is 11.2. The van der Waals surface area contributed by atoms with Crippen LogP contribution in [-0.2, 0) is 0 Å². The molecule has 52 heavy (non-hydrogen) atoms. The molecule has 240 valence electrons. The zero-order valence-electron chi connectivity index (χ0n) is 28.5. The van der Waals surface area contributed by atoms with Gasteiger partial charge in [-0.05, 0) is 122 Å². The van der Waals surface area contributed by atoms with Crippen LogP contribution in [0.4, 0.5) is 0 Å². The highest BCUT2D eigenvalue weighted by molar-refractivity contribution is 6.31. The molecule has 0 bridgehead atoms. The van der Waals surface area contributed by atoms with Crippen molar-refractivity contribution in [1.29, 1.82) is 0 Å². The highest BCUT2D eigenvalue weighted by Gasteiger charge is 2.31. The number of rotatable bonds is 4. The van der Waals surface area contributed by atoms with Crippen molar-refractivity contribution < 1.29 is 0 Å². The molecule has 11 rings (SSSR count). The van der Waals surface area contributed by atoms with Crippen molar-refractivity contribution in [1.82, 2.24) is 0 Å². The molecule has 0 heteroatoms. The maximum absolute atomic E-state index is 2.47. The maximum atomic E-state index is 2.47. The van der Waals surface area contributed by atoms with E-state index in [0.717, 1.165) is 0 Å². The molecular formula is C52H32. The van der Waals surface area contributed by atoms with Gasteiger partial charge in [0.15, 0.2) is 0 Å². The Bertz CT molecular complexity index is 3030. The van der Waals surface area contributed by atoms with E-state index >= 15 is 0 Å². The molecule has 0 N–H and O–H groups in total. The van der Waals surface area contributed by atoms with Crippen LogP contribution in [0.2, 0.25) is 0 Å². The lowest BCUT2D eigenvalue weighted by Gasteiger charge is -2.22. The molecule has 0 spiro atoms. The SMILES string of the molecule is c1ccc(-c2c(-c3ccc4c(-c5ccccc5)c5c(c(-c6ccccc6)c4c3)-c3cccc4c3c-5cc3ccccc34)ccc3ccccc23)cc1. The highest BCUT2D eigenvalue weighted by Crippen LogP contribution is 2.59. The van der Waals surface area contributed by atoms with Gasteiger partial charge in [0.1, 0.15) is 0 Å². The van der Waals surface area contributed by atoms with Crippen LogP contribution in [0.15, 0.2) is 194 Å². The van der Waals surface area contributed by atoms with Crippen molar-refractivity contribution >= 4 is 43.1 Å². The van der Waals surface area contributed by atoms with Crippen molar-refractivity contribution in [3.63, 3.8) is 0 Å². The minimum Gasteiger partial charge on any atom is -0.0622 e. The fourth-order valence-corrected chi connectivity index (χ4v) is 9.00. The van der Waals surface area contributed by atoms with E-state index in [4.69, 9.17) is 0 Å². The van der Waals surface area contributed by atoms with Crippen LogP contribution in [-0.4, -0.2) is 0 Å².